The molecule has 0 aliphatic rings. The molecule has 2 aromatic rings. The van der Waals surface area contributed by atoms with Gasteiger partial charge in [0.05, 0.1) is 23.6 Å². The number of nitrogen functional groups attached to an aromatic ring is 1. The van der Waals surface area contributed by atoms with E-state index in [0.717, 1.165) is 11.4 Å². The van der Waals surface area contributed by atoms with Crippen LogP contribution in [0, 0.1) is 0 Å². The zero-order valence-corrected chi connectivity index (χ0v) is 9.28. The van der Waals surface area contributed by atoms with Crippen LogP contribution in [0.3, 0.4) is 0 Å². The van der Waals surface area contributed by atoms with Gasteiger partial charge in [-0.25, -0.2) is 0 Å². The molecule has 0 fully saturated rings. The Morgan fingerprint density at radius 1 is 1.31 bits per heavy atom. The van der Waals surface area contributed by atoms with Crippen molar-refractivity contribution in [1.29, 1.82) is 0 Å². The second kappa shape index (κ2) is 4.81. The largest absolute Gasteiger partial charge is 0.397 e. The summed E-state index contributed by atoms with van der Waals surface area (Å²) in [4.78, 5) is 0. The zero-order valence-electron chi connectivity index (χ0n) is 8.52. The summed E-state index contributed by atoms with van der Waals surface area (Å²) in [6, 6.07) is 9.08. The number of rotatable bonds is 3. The number of hydrogen-bond acceptors (Lipinski definition) is 4. The van der Waals surface area contributed by atoms with Crippen molar-refractivity contribution in [3.8, 4) is 0 Å². The van der Waals surface area contributed by atoms with Crippen LogP contribution >= 0.6 is 11.6 Å². The highest BCUT2D eigenvalue weighted by molar-refractivity contribution is 6.31. The minimum Gasteiger partial charge on any atom is -0.397 e. The first-order valence-corrected chi connectivity index (χ1v) is 5.19. The summed E-state index contributed by atoms with van der Waals surface area (Å²) in [5.74, 6) is 0. The van der Waals surface area contributed by atoms with Gasteiger partial charge in [-0.15, -0.1) is 0 Å². The summed E-state index contributed by atoms with van der Waals surface area (Å²) >= 11 is 5.80. The van der Waals surface area contributed by atoms with Crippen molar-refractivity contribution in [1.82, 2.24) is 10.2 Å². The maximum absolute atomic E-state index is 5.80. The van der Waals surface area contributed by atoms with E-state index in [0.29, 0.717) is 17.3 Å². The first kappa shape index (κ1) is 10.7. The van der Waals surface area contributed by atoms with E-state index >= 15 is 0 Å². The van der Waals surface area contributed by atoms with Crippen molar-refractivity contribution < 1.29 is 0 Å². The van der Waals surface area contributed by atoms with Gasteiger partial charge in [-0.2, -0.15) is 10.2 Å². The molecule has 3 N–H and O–H groups in total. The highest BCUT2D eigenvalue weighted by Crippen LogP contribution is 2.22. The highest BCUT2D eigenvalue weighted by atomic mass is 35.5. The number of anilines is 2. The summed E-state index contributed by atoms with van der Waals surface area (Å²) in [7, 11) is 0. The first-order valence-electron chi connectivity index (χ1n) is 4.81. The van der Waals surface area contributed by atoms with Gasteiger partial charge in [-0.1, -0.05) is 11.6 Å². The molecule has 0 saturated carbocycles. The molecule has 0 saturated heterocycles. The summed E-state index contributed by atoms with van der Waals surface area (Å²) in [6.45, 7) is 0.583. The van der Waals surface area contributed by atoms with Crippen LogP contribution in [-0.4, -0.2) is 10.2 Å². The fourth-order valence-electron chi connectivity index (χ4n) is 1.31. The number of nitrogens with one attached hydrogen (secondary N) is 1. The van der Waals surface area contributed by atoms with E-state index in [4.69, 9.17) is 17.3 Å². The molecule has 82 valence electrons. The fraction of sp³-hybridized carbons (Fsp3) is 0.0909. The Balaban J connectivity index is 2.05. The number of nitrogens with zero attached hydrogens (tertiary/aromatic N) is 2. The van der Waals surface area contributed by atoms with Gasteiger partial charge in [-0.05, 0) is 30.3 Å². The van der Waals surface area contributed by atoms with Crippen LogP contribution in [0.4, 0.5) is 11.4 Å². The molecule has 0 bridgehead atoms. The summed E-state index contributed by atoms with van der Waals surface area (Å²) in [6.07, 6.45) is 1.64. The van der Waals surface area contributed by atoms with Gasteiger partial charge in [0, 0.05) is 11.2 Å². The molecule has 0 spiro atoms. The Kier molecular flexibility index (Phi) is 3.22. The summed E-state index contributed by atoms with van der Waals surface area (Å²) in [5, 5.41) is 11.6. The van der Waals surface area contributed by atoms with Crippen molar-refractivity contribution in [3.63, 3.8) is 0 Å². The van der Waals surface area contributed by atoms with E-state index in [9.17, 15) is 0 Å². The van der Waals surface area contributed by atoms with Crippen molar-refractivity contribution in [2.24, 2.45) is 0 Å². The molecule has 1 aromatic carbocycles. The number of nitrogens with two attached hydrogens (primary N) is 1. The average molecular weight is 235 g/mol. The van der Waals surface area contributed by atoms with Crippen LogP contribution in [0.5, 0.6) is 0 Å². The third kappa shape index (κ3) is 2.61. The monoisotopic (exact) mass is 234 g/mol. The third-order valence-corrected chi connectivity index (χ3v) is 2.34. The first-order chi connectivity index (χ1) is 7.75. The molecule has 16 heavy (non-hydrogen) atoms. The van der Waals surface area contributed by atoms with Crippen molar-refractivity contribution in [2.45, 2.75) is 6.54 Å². The summed E-state index contributed by atoms with van der Waals surface area (Å²) in [5.41, 5.74) is 8.13. The van der Waals surface area contributed by atoms with Gasteiger partial charge >= 0.3 is 0 Å². The Morgan fingerprint density at radius 2 is 2.19 bits per heavy atom. The lowest BCUT2D eigenvalue weighted by Gasteiger charge is -2.08. The average Bonchev–Trinajstić information content (AvgIpc) is 2.29. The molecular weight excluding hydrogens is 224 g/mol. The highest BCUT2D eigenvalue weighted by Gasteiger charge is 2.00. The smallest absolute Gasteiger partial charge is 0.0821 e. The van der Waals surface area contributed by atoms with E-state index in [-0.39, 0.29) is 0 Å². The molecule has 0 radical (unpaired) electrons. The van der Waals surface area contributed by atoms with Gasteiger partial charge < -0.3 is 11.1 Å². The second-order valence-electron chi connectivity index (χ2n) is 3.30. The number of halogens is 1. The topological polar surface area (TPSA) is 63.8 Å². The molecule has 5 heteroatoms. The van der Waals surface area contributed by atoms with E-state index in [1.807, 2.05) is 18.2 Å². The molecule has 0 unspecified atom stereocenters. The molecule has 0 amide bonds. The third-order valence-electron chi connectivity index (χ3n) is 2.10. The second-order valence-corrected chi connectivity index (χ2v) is 3.74. The van der Waals surface area contributed by atoms with Gasteiger partial charge in [0.15, 0.2) is 0 Å². The van der Waals surface area contributed by atoms with Crippen molar-refractivity contribution in [3.05, 3.63) is 47.2 Å². The van der Waals surface area contributed by atoms with Gasteiger partial charge in [0.2, 0.25) is 0 Å². The molecule has 0 aliphatic heterocycles. The van der Waals surface area contributed by atoms with E-state index in [1.165, 1.54) is 0 Å². The minimum atomic E-state index is 0.583. The van der Waals surface area contributed by atoms with Gasteiger partial charge in [0.1, 0.15) is 0 Å². The molecule has 0 atom stereocenters. The predicted octanol–water partition coefficient (Wildman–Crippen LogP) is 2.32. The van der Waals surface area contributed by atoms with Crippen LogP contribution in [0.25, 0.3) is 0 Å². The zero-order chi connectivity index (χ0) is 11.4. The number of benzene rings is 1. The lowest BCUT2D eigenvalue weighted by atomic mass is 10.2. The van der Waals surface area contributed by atoms with Crippen LogP contribution in [0.1, 0.15) is 5.69 Å². The maximum Gasteiger partial charge on any atom is 0.0821 e. The predicted molar refractivity (Wildman–Crippen MR) is 65.2 cm³/mol. The van der Waals surface area contributed by atoms with Gasteiger partial charge in [-0.3, -0.25) is 0 Å². The number of hydrogen-bond donors (Lipinski definition) is 2. The van der Waals surface area contributed by atoms with E-state index < -0.39 is 0 Å². The molecule has 2 rings (SSSR count). The molecule has 1 heterocycles. The quantitative estimate of drug-likeness (QED) is 0.800. The molecule has 1 aromatic heterocycles. The Hall–Kier alpha value is -1.81. The van der Waals surface area contributed by atoms with Crippen LogP contribution in [0.2, 0.25) is 5.02 Å². The van der Waals surface area contributed by atoms with Crippen LogP contribution < -0.4 is 11.1 Å². The van der Waals surface area contributed by atoms with Crippen LogP contribution in [-0.2, 0) is 6.54 Å². The Bertz CT molecular complexity index is 473. The van der Waals surface area contributed by atoms with Crippen molar-refractivity contribution >= 4 is 23.0 Å². The standard InChI is InChI=1S/C11H11ClN4/c12-8-3-4-11(10(13)6-8)14-7-9-2-1-5-15-16-9/h1-6,14H,7,13H2. The molecule has 0 aliphatic carbocycles. The van der Waals surface area contributed by atoms with E-state index in [2.05, 4.69) is 15.5 Å². The normalized spacial score (nSPS) is 10.1. The van der Waals surface area contributed by atoms with Crippen LogP contribution in [0.15, 0.2) is 36.5 Å². The van der Waals surface area contributed by atoms with Crippen molar-refractivity contribution in [2.75, 3.05) is 11.1 Å². The number of aromatic nitrogens is 2. The minimum absolute atomic E-state index is 0.583. The molecule has 4 nitrogen and oxygen atoms in total. The Morgan fingerprint density at radius 3 is 2.88 bits per heavy atom. The lowest BCUT2D eigenvalue weighted by Crippen LogP contribution is -2.04. The maximum atomic E-state index is 5.80. The summed E-state index contributed by atoms with van der Waals surface area (Å²) < 4.78 is 0. The molecular formula is C11H11ClN4. The Labute approximate surface area is 98.5 Å². The van der Waals surface area contributed by atoms with Gasteiger partial charge in [0.25, 0.3) is 0 Å². The fourth-order valence-corrected chi connectivity index (χ4v) is 1.49. The lowest BCUT2D eigenvalue weighted by molar-refractivity contribution is 0.925. The SMILES string of the molecule is Nc1cc(Cl)ccc1NCc1cccnn1. The van der Waals surface area contributed by atoms with E-state index in [1.54, 1.807) is 18.3 Å².